The molecular weight excluding hydrogens is 204 g/mol. The third-order valence-electron chi connectivity index (χ3n) is 3.32. The first-order valence-electron chi connectivity index (χ1n) is 5.88. The van der Waals surface area contributed by atoms with Crippen molar-refractivity contribution in [3.05, 3.63) is 18.0 Å². The molecule has 1 fully saturated rings. The molecule has 4 heteroatoms. The smallest absolute Gasteiger partial charge is 0.197 e. The lowest BCUT2D eigenvalue weighted by Gasteiger charge is -2.24. The van der Waals surface area contributed by atoms with Crippen molar-refractivity contribution >= 4 is 5.78 Å². The molecule has 0 amide bonds. The van der Waals surface area contributed by atoms with Crippen LogP contribution in [0.15, 0.2) is 12.4 Å². The van der Waals surface area contributed by atoms with E-state index in [1.165, 1.54) is 6.20 Å². The second kappa shape index (κ2) is 4.37. The van der Waals surface area contributed by atoms with E-state index in [2.05, 4.69) is 5.10 Å². The van der Waals surface area contributed by atoms with E-state index in [1.54, 1.807) is 17.9 Å². The first kappa shape index (κ1) is 11.3. The number of nitrogens with zero attached hydrogens (tertiary/aromatic N) is 2. The highest BCUT2D eigenvalue weighted by atomic mass is 16.3. The Bertz CT molecular complexity index is 376. The van der Waals surface area contributed by atoms with Crippen molar-refractivity contribution in [2.45, 2.75) is 44.1 Å². The Kier molecular flexibility index (Phi) is 3.10. The lowest BCUT2D eigenvalue weighted by Crippen LogP contribution is -2.37. The molecule has 4 nitrogen and oxygen atoms in total. The average Bonchev–Trinajstić information content (AvgIpc) is 2.56. The Balaban J connectivity index is 2.18. The van der Waals surface area contributed by atoms with Gasteiger partial charge in [0, 0.05) is 13.2 Å². The Morgan fingerprint density at radius 1 is 1.38 bits per heavy atom. The van der Waals surface area contributed by atoms with Crippen molar-refractivity contribution in [3.63, 3.8) is 0 Å². The summed E-state index contributed by atoms with van der Waals surface area (Å²) < 4.78 is 1.59. The van der Waals surface area contributed by atoms with Crippen molar-refractivity contribution < 1.29 is 9.90 Å². The number of carbonyl (C=O) groups excluding carboxylic acids is 1. The van der Waals surface area contributed by atoms with E-state index in [9.17, 15) is 9.90 Å². The molecule has 1 aromatic heterocycles. The molecule has 16 heavy (non-hydrogen) atoms. The molecule has 0 bridgehead atoms. The minimum Gasteiger partial charge on any atom is -0.382 e. The second-order valence-corrected chi connectivity index (χ2v) is 4.68. The van der Waals surface area contributed by atoms with E-state index in [1.807, 2.05) is 0 Å². The molecule has 0 aliphatic heterocycles. The zero-order chi connectivity index (χ0) is 11.6. The van der Waals surface area contributed by atoms with Crippen LogP contribution in [0.2, 0.25) is 0 Å². The van der Waals surface area contributed by atoms with Gasteiger partial charge in [-0.2, -0.15) is 5.10 Å². The van der Waals surface area contributed by atoms with E-state index in [-0.39, 0.29) is 5.78 Å². The van der Waals surface area contributed by atoms with E-state index in [0.717, 1.165) is 25.7 Å². The molecule has 1 N–H and O–H groups in total. The van der Waals surface area contributed by atoms with Crippen LogP contribution in [0.1, 0.15) is 48.9 Å². The van der Waals surface area contributed by atoms with Crippen LogP contribution in [0, 0.1) is 0 Å². The van der Waals surface area contributed by atoms with Crippen LogP contribution in [-0.4, -0.2) is 26.3 Å². The molecular formula is C12H18N2O2. The molecule has 1 aliphatic rings. The standard InChI is InChI=1S/C12H18N2O2/c1-14-9-10(8-13-14)11(15)12(16)6-4-2-3-5-7-12/h8-9,16H,2-7H2,1H3. The van der Waals surface area contributed by atoms with Crippen molar-refractivity contribution in [3.8, 4) is 0 Å². The third kappa shape index (κ3) is 2.16. The topological polar surface area (TPSA) is 55.1 Å². The maximum absolute atomic E-state index is 12.2. The molecule has 0 radical (unpaired) electrons. The third-order valence-corrected chi connectivity index (χ3v) is 3.32. The highest BCUT2D eigenvalue weighted by Crippen LogP contribution is 2.29. The number of ketones is 1. The molecule has 0 saturated heterocycles. The molecule has 0 atom stereocenters. The second-order valence-electron chi connectivity index (χ2n) is 4.68. The van der Waals surface area contributed by atoms with E-state index in [4.69, 9.17) is 0 Å². The number of aromatic nitrogens is 2. The highest BCUT2D eigenvalue weighted by Gasteiger charge is 2.37. The van der Waals surface area contributed by atoms with Gasteiger partial charge in [0.15, 0.2) is 5.78 Å². The summed E-state index contributed by atoms with van der Waals surface area (Å²) in [4.78, 5) is 12.2. The summed E-state index contributed by atoms with van der Waals surface area (Å²) in [5.74, 6) is -0.164. The Morgan fingerprint density at radius 3 is 2.50 bits per heavy atom. The van der Waals surface area contributed by atoms with Gasteiger partial charge in [-0.15, -0.1) is 0 Å². The molecule has 2 rings (SSSR count). The first-order valence-corrected chi connectivity index (χ1v) is 5.88. The molecule has 0 aromatic carbocycles. The quantitative estimate of drug-likeness (QED) is 0.612. The van der Waals surface area contributed by atoms with Crippen molar-refractivity contribution in [2.24, 2.45) is 7.05 Å². The summed E-state index contributed by atoms with van der Waals surface area (Å²) in [6, 6.07) is 0. The van der Waals surface area contributed by atoms with Gasteiger partial charge in [-0.05, 0) is 12.8 Å². The minimum atomic E-state index is -1.15. The lowest BCUT2D eigenvalue weighted by atomic mass is 9.87. The lowest BCUT2D eigenvalue weighted by molar-refractivity contribution is 0.0238. The van der Waals surface area contributed by atoms with Crippen LogP contribution in [0.4, 0.5) is 0 Å². The molecule has 0 unspecified atom stereocenters. The Morgan fingerprint density at radius 2 is 2.00 bits per heavy atom. The van der Waals surface area contributed by atoms with Crippen LogP contribution in [0.3, 0.4) is 0 Å². The fourth-order valence-corrected chi connectivity index (χ4v) is 2.35. The fraction of sp³-hybridized carbons (Fsp3) is 0.667. The molecule has 1 aromatic rings. The number of rotatable bonds is 2. The minimum absolute atomic E-state index is 0.164. The number of hydrogen-bond acceptors (Lipinski definition) is 3. The van der Waals surface area contributed by atoms with Gasteiger partial charge in [-0.1, -0.05) is 25.7 Å². The molecule has 1 aliphatic carbocycles. The normalized spacial score (nSPS) is 20.4. The van der Waals surface area contributed by atoms with Gasteiger partial charge in [-0.25, -0.2) is 0 Å². The Hall–Kier alpha value is -1.16. The van der Waals surface area contributed by atoms with E-state index < -0.39 is 5.60 Å². The number of carbonyl (C=O) groups is 1. The van der Waals surface area contributed by atoms with E-state index >= 15 is 0 Å². The number of hydrogen-bond donors (Lipinski definition) is 1. The molecule has 88 valence electrons. The first-order chi connectivity index (χ1) is 7.62. The molecule has 1 heterocycles. The van der Waals surface area contributed by atoms with Crippen molar-refractivity contribution in [1.29, 1.82) is 0 Å². The maximum Gasteiger partial charge on any atom is 0.197 e. The summed E-state index contributed by atoms with van der Waals surface area (Å²) in [5.41, 5.74) is -0.633. The molecule has 0 spiro atoms. The fourth-order valence-electron chi connectivity index (χ4n) is 2.35. The molecule has 1 saturated carbocycles. The number of Topliss-reactive ketones (excluding diaryl/α,β-unsaturated/α-hetero) is 1. The number of aryl methyl sites for hydroxylation is 1. The summed E-state index contributed by atoms with van der Waals surface area (Å²) in [6.07, 6.45) is 8.47. The summed E-state index contributed by atoms with van der Waals surface area (Å²) >= 11 is 0. The number of aliphatic hydroxyl groups is 1. The van der Waals surface area contributed by atoms with Crippen LogP contribution in [0.25, 0.3) is 0 Å². The SMILES string of the molecule is Cn1cc(C(=O)C2(O)CCCCCC2)cn1. The highest BCUT2D eigenvalue weighted by molar-refractivity contribution is 6.01. The van der Waals surface area contributed by atoms with Gasteiger partial charge >= 0.3 is 0 Å². The summed E-state index contributed by atoms with van der Waals surface area (Å²) in [6.45, 7) is 0. The van der Waals surface area contributed by atoms with Crippen LogP contribution < -0.4 is 0 Å². The predicted molar refractivity (Wildman–Crippen MR) is 60.2 cm³/mol. The van der Waals surface area contributed by atoms with Crippen LogP contribution >= 0.6 is 0 Å². The summed E-state index contributed by atoms with van der Waals surface area (Å²) in [5, 5.41) is 14.4. The van der Waals surface area contributed by atoms with Gasteiger partial charge in [0.2, 0.25) is 0 Å². The average molecular weight is 222 g/mol. The monoisotopic (exact) mass is 222 g/mol. The van der Waals surface area contributed by atoms with Crippen molar-refractivity contribution in [2.75, 3.05) is 0 Å². The zero-order valence-corrected chi connectivity index (χ0v) is 9.65. The summed E-state index contributed by atoms with van der Waals surface area (Å²) in [7, 11) is 1.77. The van der Waals surface area contributed by atoms with Gasteiger partial charge in [-0.3, -0.25) is 9.48 Å². The van der Waals surface area contributed by atoms with Crippen LogP contribution in [0.5, 0.6) is 0 Å². The largest absolute Gasteiger partial charge is 0.382 e. The van der Waals surface area contributed by atoms with Crippen molar-refractivity contribution in [1.82, 2.24) is 9.78 Å². The van der Waals surface area contributed by atoms with Crippen LogP contribution in [-0.2, 0) is 7.05 Å². The van der Waals surface area contributed by atoms with Gasteiger partial charge in [0.1, 0.15) is 5.60 Å². The van der Waals surface area contributed by atoms with E-state index in [0.29, 0.717) is 18.4 Å². The van der Waals surface area contributed by atoms with Gasteiger partial charge in [0.05, 0.1) is 11.8 Å². The maximum atomic E-state index is 12.2. The predicted octanol–water partition coefficient (Wildman–Crippen LogP) is 1.69. The Labute approximate surface area is 95.3 Å². The zero-order valence-electron chi connectivity index (χ0n) is 9.65. The van der Waals surface area contributed by atoms with Gasteiger partial charge in [0.25, 0.3) is 0 Å². The van der Waals surface area contributed by atoms with Gasteiger partial charge < -0.3 is 5.11 Å².